The summed E-state index contributed by atoms with van der Waals surface area (Å²) in [6.45, 7) is 0.587. The van der Waals surface area contributed by atoms with Crippen LogP contribution in [0.4, 0.5) is 4.39 Å². The molecular formula is C17H17FN2O. The standard InChI is InChI=1S/C17H17FN2O/c1-20(12-10-16-7-2-3-11-19-16)17(21)9-8-14-5-4-6-15(18)13-14/h2-9,11,13H,10,12H2,1H3/b9-8+. The molecule has 0 fully saturated rings. The van der Waals surface area contributed by atoms with Crippen molar-refractivity contribution in [1.82, 2.24) is 9.88 Å². The maximum atomic E-state index is 13.0. The number of hydrogen-bond donors (Lipinski definition) is 0. The number of likely N-dealkylation sites (N-methyl/N-ethyl adjacent to an activating group) is 1. The molecule has 0 aliphatic heterocycles. The van der Waals surface area contributed by atoms with Gasteiger partial charge in [-0.3, -0.25) is 9.78 Å². The van der Waals surface area contributed by atoms with Crippen LogP contribution in [-0.4, -0.2) is 29.4 Å². The van der Waals surface area contributed by atoms with Gasteiger partial charge in [-0.2, -0.15) is 0 Å². The monoisotopic (exact) mass is 284 g/mol. The Morgan fingerprint density at radius 1 is 1.29 bits per heavy atom. The van der Waals surface area contributed by atoms with Crippen LogP contribution in [0.25, 0.3) is 6.08 Å². The van der Waals surface area contributed by atoms with Crippen LogP contribution >= 0.6 is 0 Å². The predicted octanol–water partition coefficient (Wildman–Crippen LogP) is 2.94. The number of pyridine rings is 1. The van der Waals surface area contributed by atoms with E-state index in [2.05, 4.69) is 4.98 Å². The molecule has 1 aromatic heterocycles. The van der Waals surface area contributed by atoms with Crippen LogP contribution in [0.3, 0.4) is 0 Å². The summed E-state index contributed by atoms with van der Waals surface area (Å²) >= 11 is 0. The molecule has 0 N–H and O–H groups in total. The van der Waals surface area contributed by atoms with E-state index in [-0.39, 0.29) is 11.7 Å². The number of carbonyl (C=O) groups is 1. The second-order valence-electron chi connectivity index (χ2n) is 4.72. The second kappa shape index (κ2) is 7.33. The Bertz CT molecular complexity index is 626. The number of nitrogens with zero attached hydrogens (tertiary/aromatic N) is 2. The quantitative estimate of drug-likeness (QED) is 0.791. The number of rotatable bonds is 5. The van der Waals surface area contributed by atoms with Gasteiger partial charge in [-0.1, -0.05) is 18.2 Å². The molecular weight excluding hydrogens is 267 g/mol. The van der Waals surface area contributed by atoms with Gasteiger partial charge in [-0.25, -0.2) is 4.39 Å². The number of halogens is 1. The third-order valence-electron chi connectivity index (χ3n) is 3.07. The Morgan fingerprint density at radius 3 is 2.86 bits per heavy atom. The lowest BCUT2D eigenvalue weighted by molar-refractivity contribution is -0.124. The van der Waals surface area contributed by atoms with Gasteiger partial charge in [0.05, 0.1) is 0 Å². The summed E-state index contributed by atoms with van der Waals surface area (Å²) in [5, 5.41) is 0. The minimum absolute atomic E-state index is 0.116. The Balaban J connectivity index is 1.88. The van der Waals surface area contributed by atoms with Crippen molar-refractivity contribution < 1.29 is 9.18 Å². The van der Waals surface area contributed by atoms with Gasteiger partial charge in [0.2, 0.25) is 5.91 Å². The first-order valence-electron chi connectivity index (χ1n) is 6.74. The largest absolute Gasteiger partial charge is 0.342 e. The molecule has 4 heteroatoms. The van der Waals surface area contributed by atoms with E-state index in [4.69, 9.17) is 0 Å². The van der Waals surface area contributed by atoms with Crippen molar-refractivity contribution in [2.24, 2.45) is 0 Å². The van der Waals surface area contributed by atoms with E-state index in [1.165, 1.54) is 18.2 Å². The Morgan fingerprint density at radius 2 is 2.14 bits per heavy atom. The van der Waals surface area contributed by atoms with Crippen LogP contribution in [0, 0.1) is 5.82 Å². The topological polar surface area (TPSA) is 33.2 Å². The molecule has 2 aromatic rings. The zero-order chi connectivity index (χ0) is 15.1. The lowest BCUT2D eigenvalue weighted by Crippen LogP contribution is -2.27. The molecule has 0 spiro atoms. The molecule has 21 heavy (non-hydrogen) atoms. The highest BCUT2D eigenvalue weighted by atomic mass is 19.1. The van der Waals surface area contributed by atoms with Crippen molar-refractivity contribution in [1.29, 1.82) is 0 Å². The molecule has 1 amide bonds. The number of hydrogen-bond acceptors (Lipinski definition) is 2. The SMILES string of the molecule is CN(CCc1ccccn1)C(=O)/C=C/c1cccc(F)c1. The van der Waals surface area contributed by atoms with Crippen molar-refractivity contribution >= 4 is 12.0 Å². The van der Waals surface area contributed by atoms with Gasteiger partial charge in [-0.15, -0.1) is 0 Å². The molecule has 0 saturated carbocycles. The third-order valence-corrected chi connectivity index (χ3v) is 3.07. The highest BCUT2D eigenvalue weighted by Crippen LogP contribution is 2.06. The molecule has 0 aliphatic rings. The molecule has 0 radical (unpaired) electrons. The molecule has 1 heterocycles. The first kappa shape index (κ1) is 14.9. The molecule has 108 valence electrons. The lowest BCUT2D eigenvalue weighted by atomic mass is 10.2. The fourth-order valence-corrected chi connectivity index (χ4v) is 1.84. The maximum absolute atomic E-state index is 13.0. The van der Waals surface area contributed by atoms with Crippen molar-refractivity contribution in [3.63, 3.8) is 0 Å². The molecule has 1 aromatic carbocycles. The van der Waals surface area contributed by atoms with Crippen LogP contribution in [-0.2, 0) is 11.2 Å². The summed E-state index contributed by atoms with van der Waals surface area (Å²) in [6, 6.07) is 11.8. The summed E-state index contributed by atoms with van der Waals surface area (Å²) in [4.78, 5) is 17.8. The van der Waals surface area contributed by atoms with Crippen molar-refractivity contribution in [2.75, 3.05) is 13.6 Å². The summed E-state index contributed by atoms with van der Waals surface area (Å²) in [7, 11) is 1.74. The van der Waals surface area contributed by atoms with E-state index in [9.17, 15) is 9.18 Å². The highest BCUT2D eigenvalue weighted by molar-refractivity contribution is 5.91. The number of amides is 1. The van der Waals surface area contributed by atoms with Crippen molar-refractivity contribution in [3.8, 4) is 0 Å². The van der Waals surface area contributed by atoms with Crippen molar-refractivity contribution in [2.45, 2.75) is 6.42 Å². The Hall–Kier alpha value is -2.49. The molecule has 0 atom stereocenters. The van der Waals surface area contributed by atoms with Gasteiger partial charge >= 0.3 is 0 Å². The first-order valence-corrected chi connectivity index (χ1v) is 6.74. The van der Waals surface area contributed by atoms with Gasteiger partial charge in [0.15, 0.2) is 0 Å². The van der Waals surface area contributed by atoms with Crippen molar-refractivity contribution in [3.05, 3.63) is 71.8 Å². The van der Waals surface area contributed by atoms with E-state index >= 15 is 0 Å². The minimum atomic E-state index is -0.312. The molecule has 3 nitrogen and oxygen atoms in total. The van der Waals surface area contributed by atoms with Gasteiger partial charge < -0.3 is 4.90 Å². The van der Waals surface area contributed by atoms with E-state index < -0.39 is 0 Å². The zero-order valence-electron chi connectivity index (χ0n) is 11.9. The van der Waals surface area contributed by atoms with Crippen LogP contribution < -0.4 is 0 Å². The zero-order valence-corrected chi connectivity index (χ0v) is 11.9. The first-order chi connectivity index (χ1) is 10.1. The number of benzene rings is 1. The molecule has 0 saturated heterocycles. The molecule has 0 aliphatic carbocycles. The fourth-order valence-electron chi connectivity index (χ4n) is 1.84. The van der Waals surface area contributed by atoms with Gasteiger partial charge in [0, 0.05) is 38.0 Å². The average molecular weight is 284 g/mol. The molecule has 0 bridgehead atoms. The summed E-state index contributed by atoms with van der Waals surface area (Å²) in [5.74, 6) is -0.428. The lowest BCUT2D eigenvalue weighted by Gasteiger charge is -2.14. The fraction of sp³-hybridized carbons (Fsp3) is 0.176. The van der Waals surface area contributed by atoms with Crippen LogP contribution in [0.1, 0.15) is 11.3 Å². The summed E-state index contributed by atoms with van der Waals surface area (Å²) < 4.78 is 13.0. The van der Waals surface area contributed by atoms with Crippen LogP contribution in [0.5, 0.6) is 0 Å². The van der Waals surface area contributed by atoms with Gasteiger partial charge in [0.1, 0.15) is 5.82 Å². The highest BCUT2D eigenvalue weighted by Gasteiger charge is 2.05. The van der Waals surface area contributed by atoms with Gasteiger partial charge in [-0.05, 0) is 35.9 Å². The second-order valence-corrected chi connectivity index (χ2v) is 4.72. The van der Waals surface area contributed by atoms with E-state index in [1.807, 2.05) is 18.2 Å². The number of aromatic nitrogens is 1. The smallest absolute Gasteiger partial charge is 0.246 e. The van der Waals surface area contributed by atoms with Crippen LogP contribution in [0.15, 0.2) is 54.7 Å². The maximum Gasteiger partial charge on any atom is 0.246 e. The Kier molecular flexibility index (Phi) is 5.21. The van der Waals surface area contributed by atoms with E-state index in [0.29, 0.717) is 18.5 Å². The molecule has 0 unspecified atom stereocenters. The Labute approximate surface area is 123 Å². The van der Waals surface area contributed by atoms with Gasteiger partial charge in [0.25, 0.3) is 0 Å². The third kappa shape index (κ3) is 4.84. The van der Waals surface area contributed by atoms with E-state index in [1.54, 1.807) is 36.4 Å². The minimum Gasteiger partial charge on any atom is -0.342 e. The average Bonchev–Trinajstić information content (AvgIpc) is 2.51. The predicted molar refractivity (Wildman–Crippen MR) is 81.0 cm³/mol. The van der Waals surface area contributed by atoms with Crippen LogP contribution in [0.2, 0.25) is 0 Å². The normalized spacial score (nSPS) is 10.8. The van der Waals surface area contributed by atoms with E-state index in [0.717, 1.165) is 5.69 Å². The summed E-state index contributed by atoms with van der Waals surface area (Å²) in [6.07, 6.45) is 5.51. The number of carbonyl (C=O) groups excluding carboxylic acids is 1. The molecule has 2 rings (SSSR count). The summed E-state index contributed by atoms with van der Waals surface area (Å²) in [5.41, 5.74) is 1.62.